The fourth-order valence-corrected chi connectivity index (χ4v) is 3.17. The van der Waals surface area contributed by atoms with Crippen LogP contribution in [-0.2, 0) is 6.61 Å². The summed E-state index contributed by atoms with van der Waals surface area (Å²) in [5, 5.41) is 11.6. The third kappa shape index (κ3) is 3.70. The average molecular weight is 408 g/mol. The summed E-state index contributed by atoms with van der Waals surface area (Å²) in [5.41, 5.74) is 1.30. The Morgan fingerprint density at radius 2 is 1.66 bits per heavy atom. The van der Waals surface area contributed by atoms with E-state index in [0.717, 1.165) is 0 Å². The third-order valence-corrected chi connectivity index (χ3v) is 4.73. The van der Waals surface area contributed by atoms with E-state index in [1.165, 1.54) is 12.1 Å². The molecule has 7 heteroatoms. The summed E-state index contributed by atoms with van der Waals surface area (Å²) < 4.78 is 11.8. The average Bonchev–Trinajstić information content (AvgIpc) is 2.74. The van der Waals surface area contributed by atoms with Gasteiger partial charge in [-0.1, -0.05) is 35.9 Å². The van der Waals surface area contributed by atoms with Crippen LogP contribution in [0.15, 0.2) is 82.0 Å². The molecule has 29 heavy (non-hydrogen) atoms. The first-order valence-corrected chi connectivity index (χ1v) is 9.09. The van der Waals surface area contributed by atoms with Crippen LogP contribution < -0.4 is 10.2 Å². The van der Waals surface area contributed by atoms with Crippen molar-refractivity contribution in [1.29, 1.82) is 0 Å². The maximum Gasteiger partial charge on any atom is 0.269 e. The van der Waals surface area contributed by atoms with Crippen LogP contribution in [-0.4, -0.2) is 4.92 Å². The summed E-state index contributed by atoms with van der Waals surface area (Å²) in [6, 6.07) is 19.8. The molecule has 0 fully saturated rings. The molecule has 0 aliphatic heterocycles. The smallest absolute Gasteiger partial charge is 0.269 e. The van der Waals surface area contributed by atoms with Gasteiger partial charge in [-0.25, -0.2) is 0 Å². The van der Waals surface area contributed by atoms with Crippen molar-refractivity contribution >= 4 is 28.3 Å². The first-order chi connectivity index (χ1) is 14.0. The Hall–Kier alpha value is -3.64. The van der Waals surface area contributed by atoms with E-state index in [1.54, 1.807) is 60.7 Å². The van der Waals surface area contributed by atoms with E-state index in [1.807, 2.05) is 0 Å². The minimum Gasteiger partial charge on any atom is -0.481 e. The molecule has 0 N–H and O–H groups in total. The molecule has 3 aromatic carbocycles. The molecule has 0 unspecified atom stereocenters. The first kappa shape index (κ1) is 18.7. The predicted octanol–water partition coefficient (Wildman–Crippen LogP) is 5.60. The highest BCUT2D eigenvalue weighted by Gasteiger charge is 2.19. The van der Waals surface area contributed by atoms with E-state index in [9.17, 15) is 14.9 Å². The Balaban J connectivity index is 1.78. The molecule has 4 aromatic rings. The minimum absolute atomic E-state index is 0.0178. The van der Waals surface area contributed by atoms with Gasteiger partial charge in [0.25, 0.3) is 5.69 Å². The van der Waals surface area contributed by atoms with Gasteiger partial charge in [-0.05, 0) is 42.0 Å². The second-order valence-electron chi connectivity index (χ2n) is 6.28. The monoisotopic (exact) mass is 407 g/mol. The highest BCUT2D eigenvalue weighted by Crippen LogP contribution is 2.35. The molecular formula is C22H14ClNO5. The van der Waals surface area contributed by atoms with Crippen LogP contribution in [0.3, 0.4) is 0 Å². The zero-order chi connectivity index (χ0) is 20.4. The lowest BCUT2D eigenvalue weighted by molar-refractivity contribution is -0.384. The Labute approximate surface area is 170 Å². The molecule has 0 spiro atoms. The lowest BCUT2D eigenvalue weighted by atomic mass is 10.1. The van der Waals surface area contributed by atoms with Gasteiger partial charge in [-0.15, -0.1) is 0 Å². The second kappa shape index (κ2) is 7.77. The number of nitrogens with zero attached hydrogens (tertiary/aromatic N) is 1. The van der Waals surface area contributed by atoms with E-state index in [-0.39, 0.29) is 29.2 Å². The largest absolute Gasteiger partial charge is 0.481 e. The Kier molecular flexibility index (Phi) is 5.01. The Bertz CT molecular complexity index is 1260. The molecule has 144 valence electrons. The van der Waals surface area contributed by atoms with Crippen molar-refractivity contribution in [3.8, 4) is 17.1 Å². The van der Waals surface area contributed by atoms with Crippen molar-refractivity contribution in [3.05, 3.63) is 104 Å². The van der Waals surface area contributed by atoms with Crippen molar-refractivity contribution in [2.24, 2.45) is 0 Å². The number of benzene rings is 3. The second-order valence-corrected chi connectivity index (χ2v) is 6.68. The molecule has 4 rings (SSSR count). The summed E-state index contributed by atoms with van der Waals surface area (Å²) in [7, 11) is 0. The van der Waals surface area contributed by atoms with Crippen LogP contribution >= 0.6 is 11.6 Å². The number of rotatable bonds is 5. The number of nitro benzene ring substituents is 1. The normalized spacial score (nSPS) is 10.8. The first-order valence-electron chi connectivity index (χ1n) is 8.71. The number of hydrogen-bond donors (Lipinski definition) is 0. The van der Waals surface area contributed by atoms with E-state index in [4.69, 9.17) is 20.8 Å². The molecule has 0 aliphatic carbocycles. The Morgan fingerprint density at radius 3 is 2.38 bits per heavy atom. The third-order valence-electron chi connectivity index (χ3n) is 4.40. The topological polar surface area (TPSA) is 82.6 Å². The van der Waals surface area contributed by atoms with Gasteiger partial charge in [0.05, 0.1) is 15.3 Å². The van der Waals surface area contributed by atoms with Crippen LogP contribution in [0.2, 0.25) is 5.02 Å². The van der Waals surface area contributed by atoms with Gasteiger partial charge in [-0.2, -0.15) is 0 Å². The molecule has 0 bridgehead atoms. The highest BCUT2D eigenvalue weighted by molar-refractivity contribution is 6.33. The molecule has 1 aromatic heterocycles. The summed E-state index contributed by atoms with van der Waals surface area (Å²) in [6.45, 7) is 0.0402. The van der Waals surface area contributed by atoms with E-state index in [2.05, 4.69) is 0 Å². The van der Waals surface area contributed by atoms with Crippen LogP contribution in [0, 0.1) is 10.1 Å². The predicted molar refractivity (Wildman–Crippen MR) is 110 cm³/mol. The lowest BCUT2D eigenvalue weighted by Crippen LogP contribution is -2.10. The van der Waals surface area contributed by atoms with Gasteiger partial charge in [0.2, 0.25) is 11.2 Å². The minimum atomic E-state index is -0.474. The molecule has 0 radical (unpaired) electrons. The van der Waals surface area contributed by atoms with Crippen LogP contribution in [0.1, 0.15) is 5.56 Å². The zero-order valence-corrected chi connectivity index (χ0v) is 15.8. The van der Waals surface area contributed by atoms with Crippen LogP contribution in [0.5, 0.6) is 5.75 Å². The molecule has 0 saturated carbocycles. The van der Waals surface area contributed by atoms with Crippen LogP contribution in [0.25, 0.3) is 22.3 Å². The molecule has 0 atom stereocenters. The molecule has 0 aliphatic rings. The van der Waals surface area contributed by atoms with Gasteiger partial charge in [0.1, 0.15) is 12.2 Å². The lowest BCUT2D eigenvalue weighted by Gasteiger charge is -2.12. The van der Waals surface area contributed by atoms with Gasteiger partial charge in [0.15, 0.2) is 5.76 Å². The molecule has 0 amide bonds. The summed E-state index contributed by atoms with van der Waals surface area (Å²) in [4.78, 5) is 23.4. The number of para-hydroxylation sites is 1. The SMILES string of the molecule is O=c1c(OCc2ccc([N+](=O)[O-])cc2)c(-c2ccccc2Cl)oc2ccccc12. The maximum absolute atomic E-state index is 13.1. The van der Waals surface area contributed by atoms with Crippen molar-refractivity contribution in [3.63, 3.8) is 0 Å². The van der Waals surface area contributed by atoms with E-state index < -0.39 is 4.92 Å². The number of non-ortho nitro benzene ring substituents is 1. The van der Waals surface area contributed by atoms with Gasteiger partial charge in [-0.3, -0.25) is 14.9 Å². The number of nitro groups is 1. The van der Waals surface area contributed by atoms with Crippen molar-refractivity contribution in [2.75, 3.05) is 0 Å². The van der Waals surface area contributed by atoms with Crippen molar-refractivity contribution in [1.82, 2.24) is 0 Å². The van der Waals surface area contributed by atoms with Gasteiger partial charge >= 0.3 is 0 Å². The van der Waals surface area contributed by atoms with E-state index in [0.29, 0.717) is 27.1 Å². The highest BCUT2D eigenvalue weighted by atomic mass is 35.5. The fraction of sp³-hybridized carbons (Fsp3) is 0.0455. The zero-order valence-electron chi connectivity index (χ0n) is 15.0. The maximum atomic E-state index is 13.1. The van der Waals surface area contributed by atoms with Crippen molar-refractivity contribution < 1.29 is 14.1 Å². The molecule has 6 nitrogen and oxygen atoms in total. The van der Waals surface area contributed by atoms with Gasteiger partial charge < -0.3 is 9.15 Å². The summed E-state index contributed by atoms with van der Waals surface area (Å²) >= 11 is 6.32. The number of hydrogen-bond acceptors (Lipinski definition) is 5. The molecule has 1 heterocycles. The fourth-order valence-electron chi connectivity index (χ4n) is 2.95. The molecule has 0 saturated heterocycles. The quantitative estimate of drug-likeness (QED) is 0.317. The summed E-state index contributed by atoms with van der Waals surface area (Å²) in [6.07, 6.45) is 0. The molecular weight excluding hydrogens is 394 g/mol. The van der Waals surface area contributed by atoms with E-state index >= 15 is 0 Å². The van der Waals surface area contributed by atoms with Gasteiger partial charge in [0, 0.05) is 17.7 Å². The number of ether oxygens (including phenoxy) is 1. The van der Waals surface area contributed by atoms with Crippen molar-refractivity contribution in [2.45, 2.75) is 6.61 Å². The number of halogens is 1. The number of fused-ring (bicyclic) bond motifs is 1. The van der Waals surface area contributed by atoms with Crippen LogP contribution in [0.4, 0.5) is 5.69 Å². The Morgan fingerprint density at radius 1 is 0.966 bits per heavy atom. The summed E-state index contributed by atoms with van der Waals surface area (Å²) in [5.74, 6) is 0.274. The standard InChI is InChI=1S/C22H14ClNO5/c23-18-7-3-1-5-16(18)21-22(20(25)17-6-2-4-8-19(17)29-21)28-13-14-9-11-15(12-10-14)24(26)27/h1-12H,13H2.